The molecule has 0 aliphatic heterocycles. The highest BCUT2D eigenvalue weighted by molar-refractivity contribution is 5.95. The summed E-state index contributed by atoms with van der Waals surface area (Å²) < 4.78 is 5.41. The smallest absolute Gasteiger partial charge is 0.253 e. The lowest BCUT2D eigenvalue weighted by Gasteiger charge is -2.09. The Morgan fingerprint density at radius 2 is 2.00 bits per heavy atom. The summed E-state index contributed by atoms with van der Waals surface area (Å²) in [6, 6.07) is 9.83. The Balaban J connectivity index is 1.67. The van der Waals surface area contributed by atoms with Gasteiger partial charge >= 0.3 is 0 Å². The number of nitrogens with zero attached hydrogens (tertiary/aromatic N) is 1. The van der Waals surface area contributed by atoms with Gasteiger partial charge in [-0.1, -0.05) is 0 Å². The quantitative estimate of drug-likeness (QED) is 0.860. The first-order valence-electron chi connectivity index (χ1n) is 7.50. The SMILES string of the molecule is CCOc1ccc(Nc2cncc(C(=O)NC3CC3)c2)cc1. The average Bonchev–Trinajstić information content (AvgIpc) is 3.34. The van der Waals surface area contributed by atoms with E-state index in [4.69, 9.17) is 4.74 Å². The van der Waals surface area contributed by atoms with Crippen molar-refractivity contribution in [3.05, 3.63) is 48.3 Å². The molecule has 2 aromatic rings. The topological polar surface area (TPSA) is 63.2 Å². The molecule has 5 heteroatoms. The van der Waals surface area contributed by atoms with E-state index in [0.29, 0.717) is 18.2 Å². The van der Waals surface area contributed by atoms with Crippen LogP contribution < -0.4 is 15.4 Å². The Labute approximate surface area is 129 Å². The molecule has 1 saturated carbocycles. The van der Waals surface area contributed by atoms with Crippen molar-refractivity contribution in [1.29, 1.82) is 0 Å². The Morgan fingerprint density at radius 1 is 1.23 bits per heavy atom. The second-order valence-electron chi connectivity index (χ2n) is 5.29. The first kappa shape index (κ1) is 14.4. The molecule has 1 aliphatic rings. The highest BCUT2D eigenvalue weighted by Crippen LogP contribution is 2.22. The Morgan fingerprint density at radius 3 is 2.68 bits per heavy atom. The van der Waals surface area contributed by atoms with Crippen LogP contribution >= 0.6 is 0 Å². The molecule has 0 saturated heterocycles. The zero-order chi connectivity index (χ0) is 15.4. The standard InChI is InChI=1S/C17H19N3O2/c1-2-22-16-7-5-13(6-8-16)19-15-9-12(10-18-11-15)17(21)20-14-3-4-14/h5-11,14,19H,2-4H2,1H3,(H,20,21). The summed E-state index contributed by atoms with van der Waals surface area (Å²) in [5, 5.41) is 6.20. The van der Waals surface area contributed by atoms with Crippen molar-refractivity contribution >= 4 is 17.3 Å². The number of carbonyl (C=O) groups is 1. The number of pyridine rings is 1. The maximum Gasteiger partial charge on any atom is 0.253 e. The molecule has 1 amide bonds. The number of aromatic nitrogens is 1. The first-order chi connectivity index (χ1) is 10.7. The molecule has 3 rings (SSSR count). The van der Waals surface area contributed by atoms with Crippen LogP contribution in [0.2, 0.25) is 0 Å². The normalized spacial score (nSPS) is 13.5. The molecule has 1 fully saturated rings. The van der Waals surface area contributed by atoms with Crippen LogP contribution in [0.4, 0.5) is 11.4 Å². The van der Waals surface area contributed by atoms with Gasteiger partial charge in [0.1, 0.15) is 5.75 Å². The van der Waals surface area contributed by atoms with Crippen LogP contribution in [0.3, 0.4) is 0 Å². The molecule has 1 heterocycles. The van der Waals surface area contributed by atoms with E-state index in [9.17, 15) is 4.79 Å². The predicted octanol–water partition coefficient (Wildman–Crippen LogP) is 3.12. The van der Waals surface area contributed by atoms with Crippen molar-refractivity contribution < 1.29 is 9.53 Å². The molecule has 0 spiro atoms. The second-order valence-corrected chi connectivity index (χ2v) is 5.29. The summed E-state index contributed by atoms with van der Waals surface area (Å²) in [5.74, 6) is 0.772. The lowest BCUT2D eigenvalue weighted by Crippen LogP contribution is -2.25. The third-order valence-corrected chi connectivity index (χ3v) is 3.37. The van der Waals surface area contributed by atoms with Crippen molar-refractivity contribution in [1.82, 2.24) is 10.3 Å². The van der Waals surface area contributed by atoms with Crippen molar-refractivity contribution in [3.63, 3.8) is 0 Å². The summed E-state index contributed by atoms with van der Waals surface area (Å²) in [6.45, 7) is 2.60. The van der Waals surface area contributed by atoms with Gasteiger partial charge < -0.3 is 15.4 Å². The number of amides is 1. The molecular formula is C17H19N3O2. The van der Waals surface area contributed by atoms with E-state index in [1.807, 2.05) is 31.2 Å². The van der Waals surface area contributed by atoms with Crippen molar-refractivity contribution in [2.75, 3.05) is 11.9 Å². The molecule has 2 N–H and O–H groups in total. The second kappa shape index (κ2) is 6.47. The first-order valence-corrected chi connectivity index (χ1v) is 7.50. The maximum atomic E-state index is 12.0. The van der Waals surface area contributed by atoms with E-state index in [0.717, 1.165) is 30.0 Å². The van der Waals surface area contributed by atoms with Crippen LogP contribution in [0.15, 0.2) is 42.7 Å². The molecule has 1 aromatic heterocycles. The van der Waals surface area contributed by atoms with Gasteiger partial charge in [-0.05, 0) is 50.1 Å². The molecule has 1 aliphatic carbocycles. The molecule has 22 heavy (non-hydrogen) atoms. The van der Waals surface area contributed by atoms with Crippen LogP contribution in [-0.4, -0.2) is 23.5 Å². The largest absolute Gasteiger partial charge is 0.494 e. The van der Waals surface area contributed by atoms with Crippen LogP contribution in [0.5, 0.6) is 5.75 Å². The van der Waals surface area contributed by atoms with Gasteiger partial charge in [-0.15, -0.1) is 0 Å². The van der Waals surface area contributed by atoms with E-state index in [-0.39, 0.29) is 5.91 Å². The molecule has 0 atom stereocenters. The number of nitrogens with one attached hydrogen (secondary N) is 2. The number of benzene rings is 1. The van der Waals surface area contributed by atoms with E-state index in [2.05, 4.69) is 15.6 Å². The van der Waals surface area contributed by atoms with E-state index in [1.54, 1.807) is 18.5 Å². The van der Waals surface area contributed by atoms with Gasteiger partial charge in [0.05, 0.1) is 24.1 Å². The van der Waals surface area contributed by atoms with Crippen LogP contribution in [0.1, 0.15) is 30.1 Å². The fourth-order valence-corrected chi connectivity index (χ4v) is 2.10. The van der Waals surface area contributed by atoms with Gasteiger partial charge in [-0.2, -0.15) is 0 Å². The van der Waals surface area contributed by atoms with Crippen LogP contribution in [-0.2, 0) is 0 Å². The minimum Gasteiger partial charge on any atom is -0.494 e. The monoisotopic (exact) mass is 297 g/mol. The average molecular weight is 297 g/mol. The Kier molecular flexibility index (Phi) is 4.23. The fourth-order valence-electron chi connectivity index (χ4n) is 2.10. The minimum absolute atomic E-state index is 0.0645. The van der Waals surface area contributed by atoms with Gasteiger partial charge in [0, 0.05) is 17.9 Å². The molecule has 1 aromatic carbocycles. The number of hydrogen-bond donors (Lipinski definition) is 2. The van der Waals surface area contributed by atoms with Crippen molar-refractivity contribution in [2.24, 2.45) is 0 Å². The summed E-state index contributed by atoms with van der Waals surface area (Å²) in [5.41, 5.74) is 2.28. The molecule has 5 nitrogen and oxygen atoms in total. The number of anilines is 2. The number of rotatable bonds is 6. The third-order valence-electron chi connectivity index (χ3n) is 3.37. The number of hydrogen-bond acceptors (Lipinski definition) is 4. The zero-order valence-electron chi connectivity index (χ0n) is 12.5. The van der Waals surface area contributed by atoms with E-state index >= 15 is 0 Å². The third kappa shape index (κ3) is 3.75. The number of carbonyl (C=O) groups excluding carboxylic acids is 1. The fraction of sp³-hybridized carbons (Fsp3) is 0.294. The lowest BCUT2D eigenvalue weighted by atomic mass is 10.2. The summed E-state index contributed by atoms with van der Waals surface area (Å²) in [6.07, 6.45) is 5.43. The number of ether oxygens (including phenoxy) is 1. The summed E-state index contributed by atoms with van der Waals surface area (Å²) in [4.78, 5) is 16.1. The highest BCUT2D eigenvalue weighted by Gasteiger charge is 2.23. The molecule has 114 valence electrons. The molecule has 0 radical (unpaired) electrons. The van der Waals surface area contributed by atoms with Gasteiger partial charge in [-0.3, -0.25) is 9.78 Å². The van der Waals surface area contributed by atoms with Crippen molar-refractivity contribution in [3.8, 4) is 5.75 Å². The predicted molar refractivity (Wildman–Crippen MR) is 85.6 cm³/mol. The molecule has 0 unspecified atom stereocenters. The van der Waals surface area contributed by atoms with Gasteiger partial charge in [0.2, 0.25) is 0 Å². The summed E-state index contributed by atoms with van der Waals surface area (Å²) in [7, 11) is 0. The maximum absolute atomic E-state index is 12.0. The van der Waals surface area contributed by atoms with E-state index in [1.165, 1.54) is 0 Å². The molecular weight excluding hydrogens is 278 g/mol. The van der Waals surface area contributed by atoms with Gasteiger partial charge in [0.15, 0.2) is 0 Å². The Bertz CT molecular complexity index is 651. The van der Waals surface area contributed by atoms with Crippen molar-refractivity contribution in [2.45, 2.75) is 25.8 Å². The van der Waals surface area contributed by atoms with Crippen LogP contribution in [0, 0.1) is 0 Å². The van der Waals surface area contributed by atoms with Gasteiger partial charge in [-0.25, -0.2) is 0 Å². The minimum atomic E-state index is -0.0645. The highest BCUT2D eigenvalue weighted by atomic mass is 16.5. The van der Waals surface area contributed by atoms with E-state index < -0.39 is 0 Å². The van der Waals surface area contributed by atoms with Crippen LogP contribution in [0.25, 0.3) is 0 Å². The van der Waals surface area contributed by atoms with Gasteiger partial charge in [0.25, 0.3) is 5.91 Å². The summed E-state index contributed by atoms with van der Waals surface area (Å²) >= 11 is 0. The zero-order valence-corrected chi connectivity index (χ0v) is 12.5. The Hall–Kier alpha value is -2.56. The lowest BCUT2D eigenvalue weighted by molar-refractivity contribution is 0.0950. The molecule has 0 bridgehead atoms.